The summed E-state index contributed by atoms with van der Waals surface area (Å²) in [6.07, 6.45) is -0.860. The van der Waals surface area contributed by atoms with Gasteiger partial charge in [-0.1, -0.05) is 6.07 Å². The molecule has 2 aliphatic rings. The van der Waals surface area contributed by atoms with E-state index in [1.54, 1.807) is 12.4 Å². The van der Waals surface area contributed by atoms with Crippen molar-refractivity contribution in [2.75, 3.05) is 26.3 Å². The SMILES string of the molecule is Cc1cccc(C(=O)N2CCc3ncnc(C4CCOC4)c3CC2)n1.O=C(O)C(F)(F)F. The van der Waals surface area contributed by atoms with E-state index in [0.29, 0.717) is 24.7 Å². The minimum Gasteiger partial charge on any atom is -0.475 e. The number of pyridine rings is 1. The number of nitrogens with zero attached hydrogens (tertiary/aromatic N) is 4. The zero-order valence-corrected chi connectivity index (χ0v) is 17.4. The number of aromatic nitrogens is 3. The third kappa shape index (κ3) is 5.78. The van der Waals surface area contributed by atoms with Gasteiger partial charge in [0.05, 0.1) is 12.3 Å². The van der Waals surface area contributed by atoms with E-state index in [1.807, 2.05) is 24.0 Å². The molecule has 0 spiro atoms. The summed E-state index contributed by atoms with van der Waals surface area (Å²) >= 11 is 0. The second-order valence-electron chi connectivity index (χ2n) is 7.50. The number of hydrogen-bond acceptors (Lipinski definition) is 6. The van der Waals surface area contributed by atoms with E-state index in [0.717, 1.165) is 49.6 Å². The van der Waals surface area contributed by atoms with Gasteiger partial charge in [0.2, 0.25) is 0 Å². The number of aryl methyl sites for hydroxylation is 1. The molecule has 1 amide bonds. The lowest BCUT2D eigenvalue weighted by atomic mass is 9.96. The Bertz CT molecular complexity index is 978. The minimum atomic E-state index is -5.08. The van der Waals surface area contributed by atoms with E-state index in [1.165, 1.54) is 5.56 Å². The summed E-state index contributed by atoms with van der Waals surface area (Å²) in [7, 11) is 0. The van der Waals surface area contributed by atoms with E-state index >= 15 is 0 Å². The van der Waals surface area contributed by atoms with Gasteiger partial charge in [-0.05, 0) is 37.5 Å². The molecule has 4 heterocycles. The molecule has 2 aromatic rings. The van der Waals surface area contributed by atoms with Crippen LogP contribution < -0.4 is 0 Å². The molecular weight excluding hydrogens is 429 g/mol. The molecule has 172 valence electrons. The van der Waals surface area contributed by atoms with Crippen molar-refractivity contribution in [3.05, 3.63) is 52.9 Å². The Morgan fingerprint density at radius 2 is 1.91 bits per heavy atom. The van der Waals surface area contributed by atoms with E-state index in [2.05, 4.69) is 15.0 Å². The largest absolute Gasteiger partial charge is 0.490 e. The van der Waals surface area contributed by atoms with E-state index in [4.69, 9.17) is 14.6 Å². The smallest absolute Gasteiger partial charge is 0.475 e. The second-order valence-corrected chi connectivity index (χ2v) is 7.50. The first-order valence-corrected chi connectivity index (χ1v) is 10.1. The molecular formula is C21H23F3N4O4. The number of halogens is 3. The Labute approximate surface area is 182 Å². The zero-order chi connectivity index (χ0) is 23.3. The summed E-state index contributed by atoms with van der Waals surface area (Å²) in [5.41, 5.74) is 4.78. The van der Waals surface area contributed by atoms with Crippen LogP contribution in [0.15, 0.2) is 24.5 Å². The minimum absolute atomic E-state index is 0.00443. The Hall–Kier alpha value is -3.08. The van der Waals surface area contributed by atoms with Gasteiger partial charge in [0.1, 0.15) is 12.0 Å². The van der Waals surface area contributed by atoms with Crippen LogP contribution in [-0.4, -0.2) is 69.3 Å². The maximum atomic E-state index is 12.8. The monoisotopic (exact) mass is 452 g/mol. The molecule has 2 aromatic heterocycles. The van der Waals surface area contributed by atoms with Gasteiger partial charge in [-0.3, -0.25) is 4.79 Å². The molecule has 8 nitrogen and oxygen atoms in total. The van der Waals surface area contributed by atoms with Crippen molar-refractivity contribution in [1.82, 2.24) is 19.9 Å². The van der Waals surface area contributed by atoms with Crippen LogP contribution in [0.5, 0.6) is 0 Å². The summed E-state index contributed by atoms with van der Waals surface area (Å²) < 4.78 is 37.3. The number of fused-ring (bicyclic) bond motifs is 1. The Kier molecular flexibility index (Phi) is 7.39. The molecule has 0 saturated carbocycles. The standard InChI is InChI=1S/C19H22N4O2.C2HF3O2/c1-13-3-2-4-17(22-13)19(24)23-8-5-15-16(6-9-23)20-12-21-18(15)14-7-10-25-11-14;3-2(4,5)1(6)7/h2-4,12,14H,5-11H2,1H3;(H,6,7). The third-order valence-corrected chi connectivity index (χ3v) is 5.27. The van der Waals surface area contributed by atoms with Gasteiger partial charge in [-0.2, -0.15) is 13.2 Å². The predicted molar refractivity (Wildman–Crippen MR) is 106 cm³/mol. The average molecular weight is 452 g/mol. The number of alkyl halides is 3. The molecule has 1 atom stereocenters. The van der Waals surface area contributed by atoms with Crippen molar-refractivity contribution >= 4 is 11.9 Å². The highest BCUT2D eigenvalue weighted by Crippen LogP contribution is 2.29. The van der Waals surface area contributed by atoms with Gasteiger partial charge >= 0.3 is 12.1 Å². The van der Waals surface area contributed by atoms with Gasteiger partial charge in [-0.25, -0.2) is 19.7 Å². The van der Waals surface area contributed by atoms with Gasteiger partial charge in [0, 0.05) is 43.4 Å². The number of carboxylic acids is 1. The highest BCUT2D eigenvalue weighted by atomic mass is 19.4. The van der Waals surface area contributed by atoms with Crippen LogP contribution in [-0.2, 0) is 22.4 Å². The Morgan fingerprint density at radius 1 is 1.19 bits per heavy atom. The highest BCUT2D eigenvalue weighted by molar-refractivity contribution is 5.92. The van der Waals surface area contributed by atoms with Crippen LogP contribution in [0.4, 0.5) is 13.2 Å². The summed E-state index contributed by atoms with van der Waals surface area (Å²) in [5, 5.41) is 7.12. The van der Waals surface area contributed by atoms with Crippen LogP contribution in [0.25, 0.3) is 0 Å². The van der Waals surface area contributed by atoms with Crippen molar-refractivity contribution in [1.29, 1.82) is 0 Å². The molecule has 11 heteroatoms. The van der Waals surface area contributed by atoms with E-state index in [9.17, 15) is 18.0 Å². The van der Waals surface area contributed by atoms with Crippen LogP contribution in [0.2, 0.25) is 0 Å². The van der Waals surface area contributed by atoms with Crippen molar-refractivity contribution in [2.24, 2.45) is 0 Å². The number of carboxylic acid groups (broad SMARTS) is 1. The lowest BCUT2D eigenvalue weighted by Gasteiger charge is -2.20. The number of aliphatic carboxylic acids is 1. The topological polar surface area (TPSA) is 106 Å². The lowest BCUT2D eigenvalue weighted by molar-refractivity contribution is -0.192. The fraction of sp³-hybridized carbons (Fsp3) is 0.476. The molecule has 1 unspecified atom stereocenters. The van der Waals surface area contributed by atoms with Gasteiger partial charge in [0.15, 0.2) is 0 Å². The van der Waals surface area contributed by atoms with Gasteiger partial charge < -0.3 is 14.7 Å². The van der Waals surface area contributed by atoms with Crippen molar-refractivity contribution in [2.45, 2.75) is 38.3 Å². The molecule has 4 rings (SSSR count). The first-order valence-electron chi connectivity index (χ1n) is 10.1. The number of hydrogen-bond donors (Lipinski definition) is 1. The molecule has 1 fully saturated rings. The maximum absolute atomic E-state index is 12.8. The van der Waals surface area contributed by atoms with Crippen LogP contribution in [0, 0.1) is 6.92 Å². The summed E-state index contributed by atoms with van der Waals surface area (Å²) in [6.45, 7) is 4.78. The second kappa shape index (κ2) is 10.0. The number of ether oxygens (including phenoxy) is 1. The fourth-order valence-corrected chi connectivity index (χ4v) is 3.68. The number of carbonyl (C=O) groups excluding carboxylic acids is 1. The van der Waals surface area contributed by atoms with Crippen LogP contribution >= 0.6 is 0 Å². The highest BCUT2D eigenvalue weighted by Gasteiger charge is 2.38. The predicted octanol–water partition coefficient (Wildman–Crippen LogP) is 2.56. The van der Waals surface area contributed by atoms with Crippen LogP contribution in [0.1, 0.15) is 45.5 Å². The quantitative estimate of drug-likeness (QED) is 0.747. The maximum Gasteiger partial charge on any atom is 0.490 e. The summed E-state index contributed by atoms with van der Waals surface area (Å²) in [6, 6.07) is 5.57. The third-order valence-electron chi connectivity index (χ3n) is 5.27. The molecule has 0 bridgehead atoms. The molecule has 2 aliphatic heterocycles. The first-order chi connectivity index (χ1) is 15.2. The molecule has 32 heavy (non-hydrogen) atoms. The van der Waals surface area contributed by atoms with Crippen molar-refractivity contribution in [3.63, 3.8) is 0 Å². The number of carbonyl (C=O) groups is 2. The van der Waals surface area contributed by atoms with Gasteiger partial charge in [-0.15, -0.1) is 0 Å². The number of amides is 1. The van der Waals surface area contributed by atoms with Gasteiger partial charge in [0.25, 0.3) is 5.91 Å². The zero-order valence-electron chi connectivity index (χ0n) is 17.4. The Balaban J connectivity index is 0.000000360. The van der Waals surface area contributed by atoms with Crippen molar-refractivity contribution < 1.29 is 32.6 Å². The molecule has 0 radical (unpaired) electrons. The van der Waals surface area contributed by atoms with E-state index < -0.39 is 12.1 Å². The van der Waals surface area contributed by atoms with E-state index in [-0.39, 0.29) is 5.91 Å². The normalized spacial score (nSPS) is 18.2. The fourth-order valence-electron chi connectivity index (χ4n) is 3.68. The number of rotatable bonds is 2. The van der Waals surface area contributed by atoms with Crippen LogP contribution in [0.3, 0.4) is 0 Å². The summed E-state index contributed by atoms with van der Waals surface area (Å²) in [5.74, 6) is -2.40. The molecule has 1 N–H and O–H groups in total. The first kappa shape index (κ1) is 23.6. The Morgan fingerprint density at radius 3 is 2.53 bits per heavy atom. The molecule has 1 saturated heterocycles. The molecule has 0 aliphatic carbocycles. The summed E-state index contributed by atoms with van der Waals surface area (Å²) in [4.78, 5) is 37.0. The average Bonchev–Trinajstić information content (AvgIpc) is 3.19. The van der Waals surface area contributed by atoms with Crippen molar-refractivity contribution in [3.8, 4) is 0 Å². The molecule has 0 aromatic carbocycles. The lowest BCUT2D eigenvalue weighted by Crippen LogP contribution is -2.34.